The van der Waals surface area contributed by atoms with Gasteiger partial charge in [-0.1, -0.05) is 12.1 Å². The second-order valence-electron chi connectivity index (χ2n) is 5.44. The smallest absolute Gasteiger partial charge is 0.305 e. The number of carboxylic acid groups (broad SMARTS) is 1. The van der Waals surface area contributed by atoms with Crippen LogP contribution in [0.15, 0.2) is 24.3 Å². The number of aliphatic carboxylic acids is 1. The molecule has 7 heteroatoms. The Balaban J connectivity index is 3.08. The molecule has 1 aromatic rings. The van der Waals surface area contributed by atoms with Gasteiger partial charge in [-0.3, -0.25) is 4.79 Å². The van der Waals surface area contributed by atoms with Crippen molar-refractivity contribution in [2.75, 3.05) is 0 Å². The predicted molar refractivity (Wildman–Crippen MR) is 73.2 cm³/mol. The van der Waals surface area contributed by atoms with Gasteiger partial charge in [0.05, 0.1) is 17.2 Å². The lowest BCUT2D eigenvalue weighted by atomic mass is 10.1. The molecule has 0 spiro atoms. The fourth-order valence-electron chi connectivity index (χ4n) is 1.46. The first-order chi connectivity index (χ1) is 9.03. The topological polar surface area (TPSA) is 83.5 Å². The van der Waals surface area contributed by atoms with Crippen LogP contribution >= 0.6 is 0 Å². The molecule has 0 aliphatic rings. The normalized spacial score (nSPS) is 14.0. The summed E-state index contributed by atoms with van der Waals surface area (Å²) in [5.41, 5.74) is 0.404. The second-order valence-corrected chi connectivity index (χ2v) is 7.90. The van der Waals surface area contributed by atoms with Gasteiger partial charge in [-0.2, -0.15) is 0 Å². The Bertz CT molecular complexity index is 575. The number of rotatable bonds is 5. The van der Waals surface area contributed by atoms with Crippen molar-refractivity contribution in [2.45, 2.75) is 38.0 Å². The molecule has 1 atom stereocenters. The number of hydrogen-bond acceptors (Lipinski definition) is 3. The van der Waals surface area contributed by atoms with Crippen molar-refractivity contribution in [3.63, 3.8) is 0 Å². The van der Waals surface area contributed by atoms with Crippen LogP contribution in [0.3, 0.4) is 0 Å². The molecule has 20 heavy (non-hydrogen) atoms. The number of sulfonamides is 1. The largest absolute Gasteiger partial charge is 0.481 e. The van der Waals surface area contributed by atoms with E-state index in [2.05, 4.69) is 4.72 Å². The Morgan fingerprint density at radius 1 is 1.30 bits per heavy atom. The van der Waals surface area contributed by atoms with Gasteiger partial charge >= 0.3 is 5.97 Å². The number of carbonyl (C=O) groups is 1. The minimum atomic E-state index is -3.71. The molecule has 0 aliphatic heterocycles. The molecule has 0 saturated heterocycles. The third kappa shape index (κ3) is 4.28. The lowest BCUT2D eigenvalue weighted by Crippen LogP contribution is -2.41. The third-order valence-corrected chi connectivity index (χ3v) is 4.96. The molecular weight excluding hydrogens is 285 g/mol. The Kier molecular flexibility index (Phi) is 4.88. The number of halogens is 1. The summed E-state index contributed by atoms with van der Waals surface area (Å²) in [4.78, 5) is 10.9. The van der Waals surface area contributed by atoms with E-state index in [1.54, 1.807) is 0 Å². The van der Waals surface area contributed by atoms with Crippen LogP contribution in [0.4, 0.5) is 4.39 Å². The molecule has 2 N–H and O–H groups in total. The highest BCUT2D eigenvalue weighted by Crippen LogP contribution is 2.22. The van der Waals surface area contributed by atoms with Crippen LogP contribution in [-0.2, 0) is 14.8 Å². The highest BCUT2D eigenvalue weighted by atomic mass is 32.2. The van der Waals surface area contributed by atoms with Crippen molar-refractivity contribution >= 4 is 16.0 Å². The van der Waals surface area contributed by atoms with Gasteiger partial charge in [0.25, 0.3) is 0 Å². The Morgan fingerprint density at radius 3 is 2.20 bits per heavy atom. The molecule has 0 saturated carbocycles. The maximum Gasteiger partial charge on any atom is 0.305 e. The molecule has 0 unspecified atom stereocenters. The predicted octanol–water partition coefficient (Wildman–Crippen LogP) is 2.06. The van der Waals surface area contributed by atoms with Gasteiger partial charge in [0.1, 0.15) is 5.82 Å². The Labute approximate surface area is 117 Å². The second kappa shape index (κ2) is 5.88. The summed E-state index contributed by atoms with van der Waals surface area (Å²) in [5, 5.41) is 8.89. The third-order valence-electron chi connectivity index (χ3n) is 2.75. The first-order valence-electron chi connectivity index (χ1n) is 6.02. The van der Waals surface area contributed by atoms with Crippen LogP contribution in [0.2, 0.25) is 0 Å². The lowest BCUT2D eigenvalue weighted by molar-refractivity contribution is -0.137. The number of carboxylic acids is 1. The zero-order valence-electron chi connectivity index (χ0n) is 11.6. The maximum absolute atomic E-state index is 12.9. The van der Waals surface area contributed by atoms with E-state index in [9.17, 15) is 17.6 Å². The summed E-state index contributed by atoms with van der Waals surface area (Å²) < 4.78 is 38.4. The van der Waals surface area contributed by atoms with Gasteiger partial charge in [0, 0.05) is 0 Å². The number of hydrogen-bond donors (Lipinski definition) is 2. The van der Waals surface area contributed by atoms with Crippen LogP contribution < -0.4 is 4.72 Å². The Hall–Kier alpha value is -1.47. The highest BCUT2D eigenvalue weighted by molar-refractivity contribution is 7.90. The monoisotopic (exact) mass is 303 g/mol. The zero-order valence-corrected chi connectivity index (χ0v) is 12.4. The molecular formula is C13H18FNO4S. The molecule has 0 heterocycles. The van der Waals surface area contributed by atoms with Gasteiger partial charge in [-0.15, -0.1) is 0 Å². The van der Waals surface area contributed by atoms with E-state index in [4.69, 9.17) is 5.11 Å². The summed E-state index contributed by atoms with van der Waals surface area (Å²) in [6, 6.07) is 4.13. The zero-order chi connectivity index (χ0) is 15.6. The molecule has 1 aromatic carbocycles. The van der Waals surface area contributed by atoms with E-state index in [1.165, 1.54) is 32.9 Å². The molecule has 5 nitrogen and oxygen atoms in total. The van der Waals surface area contributed by atoms with Gasteiger partial charge in [0.2, 0.25) is 10.0 Å². The average Bonchev–Trinajstić information content (AvgIpc) is 2.26. The van der Waals surface area contributed by atoms with Crippen molar-refractivity contribution < 1.29 is 22.7 Å². The van der Waals surface area contributed by atoms with Crippen molar-refractivity contribution in [3.8, 4) is 0 Å². The van der Waals surface area contributed by atoms with Gasteiger partial charge in [-0.25, -0.2) is 17.5 Å². The van der Waals surface area contributed by atoms with E-state index in [0.717, 1.165) is 12.1 Å². The van der Waals surface area contributed by atoms with Crippen LogP contribution in [0, 0.1) is 5.82 Å². The van der Waals surface area contributed by atoms with Gasteiger partial charge in [-0.05, 0) is 38.5 Å². The number of nitrogens with one attached hydrogen (secondary N) is 1. The summed E-state index contributed by atoms with van der Waals surface area (Å²) in [5.74, 6) is -1.61. The fraction of sp³-hybridized carbons (Fsp3) is 0.462. The number of benzene rings is 1. The first kappa shape index (κ1) is 16.6. The van der Waals surface area contributed by atoms with Crippen LogP contribution in [-0.4, -0.2) is 24.2 Å². The average molecular weight is 303 g/mol. The SMILES string of the molecule is CC(C)(C)S(=O)(=O)N[C@@H](CC(=O)O)c1ccc(F)cc1. The molecule has 0 radical (unpaired) electrons. The van der Waals surface area contributed by atoms with Crippen molar-refractivity contribution in [3.05, 3.63) is 35.6 Å². The molecule has 0 amide bonds. The van der Waals surface area contributed by atoms with Crippen molar-refractivity contribution in [1.82, 2.24) is 4.72 Å². The summed E-state index contributed by atoms with van der Waals surface area (Å²) in [6.07, 6.45) is -0.416. The summed E-state index contributed by atoms with van der Waals surface area (Å²) >= 11 is 0. The fourth-order valence-corrected chi connectivity index (χ4v) is 2.41. The minimum Gasteiger partial charge on any atom is -0.481 e. The Morgan fingerprint density at radius 2 is 1.80 bits per heavy atom. The highest BCUT2D eigenvalue weighted by Gasteiger charge is 2.32. The van der Waals surface area contributed by atoms with Crippen molar-refractivity contribution in [2.24, 2.45) is 0 Å². The van der Waals surface area contributed by atoms with Crippen LogP contribution in [0.1, 0.15) is 38.8 Å². The van der Waals surface area contributed by atoms with E-state index in [0.29, 0.717) is 5.56 Å². The van der Waals surface area contributed by atoms with E-state index >= 15 is 0 Å². The molecule has 112 valence electrons. The van der Waals surface area contributed by atoms with Gasteiger partial charge < -0.3 is 5.11 Å². The summed E-state index contributed by atoms with van der Waals surface area (Å²) in [6.45, 7) is 4.54. The lowest BCUT2D eigenvalue weighted by Gasteiger charge is -2.24. The molecule has 0 fully saturated rings. The maximum atomic E-state index is 12.9. The molecule has 1 rings (SSSR count). The van der Waals surface area contributed by atoms with Crippen LogP contribution in [0.25, 0.3) is 0 Å². The van der Waals surface area contributed by atoms with Crippen molar-refractivity contribution in [1.29, 1.82) is 0 Å². The van der Waals surface area contributed by atoms with Gasteiger partial charge in [0.15, 0.2) is 0 Å². The van der Waals surface area contributed by atoms with E-state index in [1.807, 2.05) is 0 Å². The van der Waals surface area contributed by atoms with E-state index < -0.39 is 39.0 Å². The molecule has 0 aliphatic carbocycles. The standard InChI is InChI=1S/C13H18FNO4S/c1-13(2,3)20(18,19)15-11(8-12(16)17)9-4-6-10(14)7-5-9/h4-7,11,15H,8H2,1-3H3,(H,16,17)/t11-/m0/s1. The minimum absolute atomic E-state index is 0.404. The van der Waals surface area contributed by atoms with E-state index in [-0.39, 0.29) is 0 Å². The summed E-state index contributed by atoms with van der Waals surface area (Å²) in [7, 11) is -3.71. The van der Waals surface area contributed by atoms with Crippen LogP contribution in [0.5, 0.6) is 0 Å². The first-order valence-corrected chi connectivity index (χ1v) is 7.50. The quantitative estimate of drug-likeness (QED) is 0.872. The molecule has 0 bridgehead atoms. The molecule has 0 aromatic heterocycles.